The Labute approximate surface area is 125 Å². The molecule has 114 valence electrons. The number of quaternary nitrogens is 2. The zero-order valence-electron chi connectivity index (χ0n) is 12.5. The van der Waals surface area contributed by atoms with E-state index < -0.39 is 0 Å². The van der Waals surface area contributed by atoms with Crippen molar-refractivity contribution in [1.82, 2.24) is 0 Å². The van der Waals surface area contributed by atoms with Crippen LogP contribution in [0.5, 0.6) is 0 Å². The van der Waals surface area contributed by atoms with Gasteiger partial charge in [0.25, 0.3) is 5.69 Å². The van der Waals surface area contributed by atoms with E-state index in [0.29, 0.717) is 0 Å². The summed E-state index contributed by atoms with van der Waals surface area (Å²) < 4.78 is 0. The van der Waals surface area contributed by atoms with Crippen LogP contribution in [0.1, 0.15) is 31.2 Å². The average molecular weight is 291 g/mol. The summed E-state index contributed by atoms with van der Waals surface area (Å²) in [5, 5.41) is 10.7. The van der Waals surface area contributed by atoms with Crippen LogP contribution >= 0.6 is 0 Å². The number of nitro groups is 1. The van der Waals surface area contributed by atoms with E-state index >= 15 is 0 Å². The maximum atomic E-state index is 10.7. The van der Waals surface area contributed by atoms with Crippen molar-refractivity contribution in [3.05, 3.63) is 39.9 Å². The molecule has 1 saturated heterocycles. The van der Waals surface area contributed by atoms with Gasteiger partial charge in [-0.25, -0.2) is 0 Å². The van der Waals surface area contributed by atoms with E-state index in [0.717, 1.165) is 12.6 Å². The van der Waals surface area contributed by atoms with Gasteiger partial charge in [-0.3, -0.25) is 10.1 Å². The quantitative estimate of drug-likeness (QED) is 0.597. The number of non-ortho nitro benzene ring substituents is 1. The lowest BCUT2D eigenvalue weighted by molar-refractivity contribution is -1.03. The molecule has 0 atom stereocenters. The first-order valence-corrected chi connectivity index (χ1v) is 8.14. The van der Waals surface area contributed by atoms with Crippen molar-refractivity contribution in [2.45, 2.75) is 38.3 Å². The Hall–Kier alpha value is -1.46. The Morgan fingerprint density at radius 2 is 1.67 bits per heavy atom. The molecule has 2 N–H and O–H groups in total. The van der Waals surface area contributed by atoms with Gasteiger partial charge in [-0.2, -0.15) is 0 Å². The molecule has 0 spiro atoms. The van der Waals surface area contributed by atoms with Gasteiger partial charge < -0.3 is 9.80 Å². The fourth-order valence-corrected chi connectivity index (χ4v) is 3.87. The minimum absolute atomic E-state index is 0.184. The van der Waals surface area contributed by atoms with Gasteiger partial charge >= 0.3 is 0 Å². The normalized spacial score (nSPS) is 26.9. The zero-order valence-corrected chi connectivity index (χ0v) is 12.5. The standard InChI is InChI=1S/C16H23N3O2/c20-19(21)16-7-5-14(6-8-16)13-17-9-11-18(12-10-17)15-3-1-2-4-15/h5-8,15H,1-4,9-13H2/p+2. The van der Waals surface area contributed by atoms with Gasteiger partial charge in [0.2, 0.25) is 0 Å². The Morgan fingerprint density at radius 3 is 2.24 bits per heavy atom. The Kier molecular flexibility index (Phi) is 4.51. The average Bonchev–Trinajstić information content (AvgIpc) is 3.03. The minimum atomic E-state index is -0.333. The van der Waals surface area contributed by atoms with Crippen LogP contribution in [0.4, 0.5) is 5.69 Å². The Bertz CT molecular complexity index is 475. The van der Waals surface area contributed by atoms with Gasteiger partial charge in [-0.05, 0) is 37.8 Å². The first kappa shape index (κ1) is 14.5. The van der Waals surface area contributed by atoms with Gasteiger partial charge in [0, 0.05) is 17.7 Å². The van der Waals surface area contributed by atoms with Crippen LogP contribution in [-0.2, 0) is 6.54 Å². The fourth-order valence-electron chi connectivity index (χ4n) is 3.87. The van der Waals surface area contributed by atoms with Crippen molar-refractivity contribution in [2.24, 2.45) is 0 Å². The highest BCUT2D eigenvalue weighted by Gasteiger charge is 2.31. The van der Waals surface area contributed by atoms with Crippen molar-refractivity contribution in [2.75, 3.05) is 26.2 Å². The molecule has 1 saturated carbocycles. The monoisotopic (exact) mass is 291 g/mol. The molecule has 0 unspecified atom stereocenters. The molecule has 21 heavy (non-hydrogen) atoms. The summed E-state index contributed by atoms with van der Waals surface area (Å²) in [4.78, 5) is 13.8. The molecule has 3 rings (SSSR count). The maximum Gasteiger partial charge on any atom is 0.269 e. The van der Waals surface area contributed by atoms with Gasteiger partial charge in [0.05, 0.1) is 11.0 Å². The molecule has 0 bridgehead atoms. The third-order valence-corrected chi connectivity index (χ3v) is 5.13. The summed E-state index contributed by atoms with van der Waals surface area (Å²) in [6.45, 7) is 6.02. The third kappa shape index (κ3) is 3.60. The van der Waals surface area contributed by atoms with Gasteiger partial charge in [-0.1, -0.05) is 0 Å². The van der Waals surface area contributed by atoms with Crippen LogP contribution in [0.3, 0.4) is 0 Å². The van der Waals surface area contributed by atoms with Crippen LogP contribution in [-0.4, -0.2) is 37.1 Å². The molecule has 1 aliphatic carbocycles. The van der Waals surface area contributed by atoms with Crippen molar-refractivity contribution in [3.8, 4) is 0 Å². The van der Waals surface area contributed by atoms with E-state index in [1.54, 1.807) is 17.0 Å². The lowest BCUT2D eigenvalue weighted by Crippen LogP contribution is -3.29. The molecular formula is C16H25N3O2+2. The number of hydrogen-bond acceptors (Lipinski definition) is 2. The van der Waals surface area contributed by atoms with Crippen LogP contribution in [0.25, 0.3) is 0 Å². The van der Waals surface area contributed by atoms with E-state index in [1.807, 2.05) is 17.0 Å². The van der Waals surface area contributed by atoms with Crippen LogP contribution in [0.15, 0.2) is 24.3 Å². The van der Waals surface area contributed by atoms with E-state index in [1.165, 1.54) is 57.4 Å². The molecule has 1 aliphatic heterocycles. The second-order valence-electron chi connectivity index (χ2n) is 6.49. The van der Waals surface area contributed by atoms with Crippen molar-refractivity contribution >= 4 is 5.69 Å². The number of nitrogens with zero attached hydrogens (tertiary/aromatic N) is 1. The van der Waals surface area contributed by atoms with Crippen LogP contribution in [0.2, 0.25) is 0 Å². The van der Waals surface area contributed by atoms with Gasteiger partial charge in [-0.15, -0.1) is 0 Å². The molecule has 1 heterocycles. The molecule has 1 aromatic carbocycles. The number of hydrogen-bond donors (Lipinski definition) is 2. The molecule has 0 amide bonds. The molecule has 0 radical (unpaired) electrons. The number of benzene rings is 1. The smallest absolute Gasteiger partial charge is 0.269 e. The van der Waals surface area contributed by atoms with E-state index in [2.05, 4.69) is 0 Å². The number of nitro benzene ring substituents is 1. The molecule has 2 fully saturated rings. The first-order valence-electron chi connectivity index (χ1n) is 8.14. The Balaban J connectivity index is 1.49. The second kappa shape index (κ2) is 6.54. The minimum Gasteiger partial charge on any atom is -0.323 e. The summed E-state index contributed by atoms with van der Waals surface area (Å²) in [5.74, 6) is 0. The summed E-state index contributed by atoms with van der Waals surface area (Å²) in [6.07, 6.45) is 5.70. The topological polar surface area (TPSA) is 52.0 Å². The lowest BCUT2D eigenvalue weighted by atomic mass is 10.1. The first-order chi connectivity index (χ1) is 10.2. The molecular weight excluding hydrogens is 266 g/mol. The number of rotatable bonds is 4. The highest BCUT2D eigenvalue weighted by atomic mass is 16.6. The predicted octanol–water partition coefficient (Wildman–Crippen LogP) is -0.179. The SMILES string of the molecule is O=[N+]([O-])c1ccc(C[NH+]2CC[NH+](C3CCCC3)CC2)cc1. The number of piperazine rings is 1. The molecule has 0 aromatic heterocycles. The van der Waals surface area contributed by atoms with Crippen molar-refractivity contribution in [1.29, 1.82) is 0 Å². The van der Waals surface area contributed by atoms with E-state index in [9.17, 15) is 10.1 Å². The predicted molar refractivity (Wildman–Crippen MR) is 80.4 cm³/mol. The molecule has 5 heteroatoms. The van der Waals surface area contributed by atoms with Crippen LogP contribution < -0.4 is 9.80 Å². The van der Waals surface area contributed by atoms with Gasteiger partial charge in [0.1, 0.15) is 32.7 Å². The lowest BCUT2D eigenvalue weighted by Gasteiger charge is -2.33. The summed E-state index contributed by atoms with van der Waals surface area (Å²) >= 11 is 0. The van der Waals surface area contributed by atoms with Gasteiger partial charge in [0.15, 0.2) is 0 Å². The Morgan fingerprint density at radius 1 is 1.05 bits per heavy atom. The maximum absolute atomic E-state index is 10.7. The zero-order chi connectivity index (χ0) is 14.7. The highest BCUT2D eigenvalue weighted by molar-refractivity contribution is 5.32. The molecule has 1 aromatic rings. The largest absolute Gasteiger partial charge is 0.323 e. The van der Waals surface area contributed by atoms with Crippen molar-refractivity contribution in [3.63, 3.8) is 0 Å². The van der Waals surface area contributed by atoms with Crippen LogP contribution in [0, 0.1) is 10.1 Å². The second-order valence-corrected chi connectivity index (χ2v) is 6.49. The summed E-state index contributed by atoms with van der Waals surface area (Å²) in [6, 6.07) is 7.97. The molecule has 5 nitrogen and oxygen atoms in total. The van der Waals surface area contributed by atoms with E-state index in [-0.39, 0.29) is 10.6 Å². The van der Waals surface area contributed by atoms with E-state index in [4.69, 9.17) is 0 Å². The highest BCUT2D eigenvalue weighted by Crippen LogP contribution is 2.15. The third-order valence-electron chi connectivity index (χ3n) is 5.13. The summed E-state index contributed by atoms with van der Waals surface area (Å²) in [5.41, 5.74) is 1.39. The molecule has 2 aliphatic rings. The van der Waals surface area contributed by atoms with Crippen molar-refractivity contribution < 1.29 is 14.7 Å². The summed E-state index contributed by atoms with van der Waals surface area (Å²) in [7, 11) is 0. The fraction of sp³-hybridized carbons (Fsp3) is 0.625. The number of nitrogens with one attached hydrogen (secondary N) is 2.